The van der Waals surface area contributed by atoms with Gasteiger partial charge < -0.3 is 5.11 Å². The zero-order chi connectivity index (χ0) is 10.8. The number of phenolic OH excluding ortho intramolecular Hbond substituents is 1. The van der Waals surface area contributed by atoms with Crippen molar-refractivity contribution >= 4 is 28.8 Å². The van der Waals surface area contributed by atoms with Crippen LogP contribution >= 0.6 is 11.8 Å². The molecule has 0 saturated carbocycles. The Balaban J connectivity index is 2.33. The molecule has 1 amide bonds. The number of para-hydroxylation sites is 1. The van der Waals surface area contributed by atoms with E-state index in [2.05, 4.69) is 4.99 Å². The Morgan fingerprint density at radius 1 is 1.40 bits per heavy atom. The normalized spacial score (nSPS) is 18.3. The monoisotopic (exact) mass is 219 g/mol. The van der Waals surface area contributed by atoms with Crippen LogP contribution in [-0.4, -0.2) is 16.1 Å². The standard InChI is InChI=1S/C11H9NO2S/c1-7-12-11(14)10(15-7)6-8-4-2-3-5-9(8)13/h2-6,13H,1H3/b10-6-. The molecule has 0 bridgehead atoms. The zero-order valence-corrected chi connectivity index (χ0v) is 8.91. The SMILES string of the molecule is CC1=NC(=O)/C(=C/c2ccccc2O)S1. The Kier molecular flexibility index (Phi) is 2.60. The van der Waals surface area contributed by atoms with E-state index in [0.717, 1.165) is 5.04 Å². The van der Waals surface area contributed by atoms with Crippen LogP contribution in [0.15, 0.2) is 34.2 Å². The molecule has 0 atom stereocenters. The second kappa shape index (κ2) is 3.90. The summed E-state index contributed by atoms with van der Waals surface area (Å²) < 4.78 is 0. The quantitative estimate of drug-likeness (QED) is 0.738. The molecule has 76 valence electrons. The van der Waals surface area contributed by atoms with Crippen molar-refractivity contribution in [3.8, 4) is 5.75 Å². The van der Waals surface area contributed by atoms with Gasteiger partial charge in [-0.25, -0.2) is 4.99 Å². The summed E-state index contributed by atoms with van der Waals surface area (Å²) in [5.41, 5.74) is 0.637. The fraction of sp³-hybridized carbons (Fsp3) is 0.0909. The Labute approximate surface area is 91.5 Å². The first-order valence-corrected chi connectivity index (χ1v) is 5.25. The van der Waals surface area contributed by atoms with E-state index in [4.69, 9.17) is 0 Å². The van der Waals surface area contributed by atoms with Crippen LogP contribution in [0, 0.1) is 0 Å². The molecule has 0 spiro atoms. The van der Waals surface area contributed by atoms with E-state index in [1.165, 1.54) is 11.8 Å². The van der Waals surface area contributed by atoms with Crippen LogP contribution < -0.4 is 0 Å². The second-order valence-electron chi connectivity index (χ2n) is 3.11. The Hall–Kier alpha value is -1.55. The summed E-state index contributed by atoms with van der Waals surface area (Å²) in [5, 5.41) is 10.3. The van der Waals surface area contributed by atoms with Gasteiger partial charge in [0.25, 0.3) is 5.91 Å². The van der Waals surface area contributed by atoms with E-state index in [0.29, 0.717) is 10.5 Å². The van der Waals surface area contributed by atoms with E-state index >= 15 is 0 Å². The Morgan fingerprint density at radius 2 is 2.13 bits per heavy atom. The van der Waals surface area contributed by atoms with Crippen LogP contribution in [0.3, 0.4) is 0 Å². The average Bonchev–Trinajstić information content (AvgIpc) is 2.49. The van der Waals surface area contributed by atoms with Gasteiger partial charge in [0.15, 0.2) is 0 Å². The van der Waals surface area contributed by atoms with Gasteiger partial charge >= 0.3 is 0 Å². The molecule has 1 N–H and O–H groups in total. The Morgan fingerprint density at radius 3 is 2.73 bits per heavy atom. The molecule has 4 heteroatoms. The van der Waals surface area contributed by atoms with E-state index < -0.39 is 0 Å². The highest BCUT2D eigenvalue weighted by molar-refractivity contribution is 8.18. The van der Waals surface area contributed by atoms with Crippen molar-refractivity contribution in [1.82, 2.24) is 0 Å². The van der Waals surface area contributed by atoms with Gasteiger partial charge in [0.1, 0.15) is 5.75 Å². The topological polar surface area (TPSA) is 49.7 Å². The summed E-state index contributed by atoms with van der Waals surface area (Å²) in [4.78, 5) is 15.7. The van der Waals surface area contributed by atoms with Gasteiger partial charge in [-0.15, -0.1) is 0 Å². The van der Waals surface area contributed by atoms with Crippen LogP contribution in [0.1, 0.15) is 12.5 Å². The van der Waals surface area contributed by atoms with Gasteiger partial charge in [-0.1, -0.05) is 30.0 Å². The molecular formula is C11H9NO2S. The van der Waals surface area contributed by atoms with Gasteiger partial charge in [0, 0.05) is 5.56 Å². The maximum Gasteiger partial charge on any atom is 0.284 e. The number of amides is 1. The van der Waals surface area contributed by atoms with Crippen molar-refractivity contribution in [3.63, 3.8) is 0 Å². The van der Waals surface area contributed by atoms with Crippen LogP contribution in [0.25, 0.3) is 6.08 Å². The molecule has 2 rings (SSSR count). The number of carbonyl (C=O) groups excluding carboxylic acids is 1. The minimum Gasteiger partial charge on any atom is -0.507 e. The molecule has 0 unspecified atom stereocenters. The lowest BCUT2D eigenvalue weighted by Gasteiger charge is -1.98. The van der Waals surface area contributed by atoms with Crippen molar-refractivity contribution in [3.05, 3.63) is 34.7 Å². The number of thioether (sulfide) groups is 1. The number of aliphatic imine (C=N–C) groups is 1. The highest BCUT2D eigenvalue weighted by atomic mass is 32.2. The van der Waals surface area contributed by atoms with Gasteiger partial charge in [0.05, 0.1) is 9.95 Å². The number of aromatic hydroxyl groups is 1. The zero-order valence-electron chi connectivity index (χ0n) is 8.10. The third kappa shape index (κ3) is 2.10. The fourth-order valence-electron chi connectivity index (χ4n) is 1.27. The number of hydrogen-bond donors (Lipinski definition) is 1. The predicted molar refractivity (Wildman–Crippen MR) is 61.8 cm³/mol. The maximum atomic E-state index is 11.3. The van der Waals surface area contributed by atoms with Crippen molar-refractivity contribution in [2.24, 2.45) is 4.99 Å². The van der Waals surface area contributed by atoms with Gasteiger partial charge in [-0.2, -0.15) is 0 Å². The summed E-state index contributed by atoms with van der Waals surface area (Å²) in [7, 11) is 0. The molecule has 1 aliphatic rings. The molecule has 0 saturated heterocycles. The molecular weight excluding hydrogens is 210 g/mol. The number of benzene rings is 1. The molecule has 0 aliphatic carbocycles. The third-order valence-electron chi connectivity index (χ3n) is 1.95. The largest absolute Gasteiger partial charge is 0.507 e. The summed E-state index contributed by atoms with van der Waals surface area (Å²) >= 11 is 1.33. The second-order valence-corrected chi connectivity index (χ2v) is 4.34. The van der Waals surface area contributed by atoms with Crippen molar-refractivity contribution in [2.45, 2.75) is 6.92 Å². The molecule has 1 aromatic rings. The molecule has 1 aliphatic heterocycles. The molecule has 0 radical (unpaired) electrons. The van der Waals surface area contributed by atoms with Crippen molar-refractivity contribution in [2.75, 3.05) is 0 Å². The minimum absolute atomic E-state index is 0.169. The highest BCUT2D eigenvalue weighted by Gasteiger charge is 2.18. The molecule has 3 nitrogen and oxygen atoms in total. The molecule has 0 aromatic heterocycles. The molecule has 1 aromatic carbocycles. The van der Waals surface area contributed by atoms with Crippen LogP contribution in [0.5, 0.6) is 5.75 Å². The van der Waals surface area contributed by atoms with E-state index in [-0.39, 0.29) is 11.7 Å². The van der Waals surface area contributed by atoms with Gasteiger partial charge in [-0.3, -0.25) is 4.79 Å². The summed E-state index contributed by atoms with van der Waals surface area (Å²) in [6, 6.07) is 6.89. The van der Waals surface area contributed by atoms with Gasteiger partial charge in [-0.05, 0) is 19.1 Å². The number of carbonyl (C=O) groups is 1. The lowest BCUT2D eigenvalue weighted by Crippen LogP contribution is -1.87. The first kappa shape index (κ1) is 9.98. The summed E-state index contributed by atoms with van der Waals surface area (Å²) in [6.07, 6.45) is 1.66. The molecule has 15 heavy (non-hydrogen) atoms. The van der Waals surface area contributed by atoms with E-state index in [9.17, 15) is 9.90 Å². The maximum absolute atomic E-state index is 11.3. The number of nitrogens with zero attached hydrogens (tertiary/aromatic N) is 1. The van der Waals surface area contributed by atoms with Crippen LogP contribution in [0.2, 0.25) is 0 Å². The molecule has 1 heterocycles. The van der Waals surface area contributed by atoms with Crippen molar-refractivity contribution < 1.29 is 9.90 Å². The highest BCUT2D eigenvalue weighted by Crippen LogP contribution is 2.30. The predicted octanol–water partition coefficient (Wildman–Crippen LogP) is 2.42. The number of hydrogen-bond acceptors (Lipinski definition) is 3. The van der Waals surface area contributed by atoms with Crippen molar-refractivity contribution in [1.29, 1.82) is 0 Å². The Bertz CT molecular complexity index is 477. The van der Waals surface area contributed by atoms with Gasteiger partial charge in [0.2, 0.25) is 0 Å². The van der Waals surface area contributed by atoms with E-state index in [1.807, 2.05) is 6.07 Å². The summed E-state index contributed by atoms with van der Waals surface area (Å²) in [6.45, 7) is 1.79. The first-order chi connectivity index (χ1) is 7.16. The third-order valence-corrected chi connectivity index (χ3v) is 2.85. The average molecular weight is 219 g/mol. The number of phenols is 1. The summed E-state index contributed by atoms with van der Waals surface area (Å²) in [5.74, 6) is -0.0660. The smallest absolute Gasteiger partial charge is 0.284 e. The van der Waals surface area contributed by atoms with Crippen LogP contribution in [0.4, 0.5) is 0 Å². The molecule has 0 fully saturated rings. The first-order valence-electron chi connectivity index (χ1n) is 4.44. The van der Waals surface area contributed by atoms with Crippen LogP contribution in [-0.2, 0) is 4.79 Å². The fourth-order valence-corrected chi connectivity index (χ4v) is 2.03. The number of rotatable bonds is 1. The lowest BCUT2D eigenvalue weighted by atomic mass is 10.2. The van der Waals surface area contributed by atoms with E-state index in [1.54, 1.807) is 31.2 Å². The minimum atomic E-state index is -0.235. The lowest BCUT2D eigenvalue weighted by molar-refractivity contribution is -0.113.